The van der Waals surface area contributed by atoms with Crippen LogP contribution in [0.1, 0.15) is 11.1 Å². The Bertz CT molecular complexity index is 1590. The minimum absolute atomic E-state index is 0.0458. The smallest absolute Gasteiger partial charge is 0.211 e. The number of halogens is 1. The van der Waals surface area contributed by atoms with Crippen molar-refractivity contribution in [3.8, 4) is 0 Å². The summed E-state index contributed by atoms with van der Waals surface area (Å²) in [4.78, 5) is 17.3. The monoisotopic (exact) mass is 505 g/mol. The second-order valence-corrected chi connectivity index (χ2v) is 11.2. The molecule has 8 heteroatoms. The fraction of sp³-hybridized carbons (Fsp3) is 0.250. The Hall–Kier alpha value is -3.49. The molecule has 3 aromatic carbocycles. The van der Waals surface area contributed by atoms with Crippen LogP contribution in [0.4, 0.5) is 10.1 Å². The van der Waals surface area contributed by atoms with Gasteiger partial charge in [-0.25, -0.2) is 12.8 Å². The number of aromatic nitrogens is 1. The third kappa shape index (κ3) is 4.54. The van der Waals surface area contributed by atoms with Crippen molar-refractivity contribution in [1.29, 1.82) is 0 Å². The fourth-order valence-electron chi connectivity index (χ4n) is 4.79. The lowest BCUT2D eigenvalue weighted by Gasteiger charge is -2.36. The maximum atomic E-state index is 15.3. The number of nitrogens with zero attached hydrogens (tertiary/aromatic N) is 3. The van der Waals surface area contributed by atoms with Crippen LogP contribution in [0, 0.1) is 12.7 Å². The summed E-state index contributed by atoms with van der Waals surface area (Å²) < 4.78 is 43.4. The van der Waals surface area contributed by atoms with Crippen LogP contribution in [0.3, 0.4) is 0 Å². The molecule has 4 aromatic rings. The Morgan fingerprint density at radius 3 is 2.33 bits per heavy atom. The molecule has 0 N–H and O–H groups in total. The number of hydrogen-bond donors (Lipinski definition) is 0. The van der Waals surface area contributed by atoms with Gasteiger partial charge in [-0.15, -0.1) is 0 Å². The first-order valence-corrected chi connectivity index (χ1v) is 13.4. The third-order valence-corrected chi connectivity index (χ3v) is 8.52. The molecule has 0 bridgehead atoms. The van der Waals surface area contributed by atoms with E-state index in [1.54, 1.807) is 36.7 Å². The lowest BCUT2D eigenvalue weighted by molar-refractivity contribution is 0.249. The van der Waals surface area contributed by atoms with Crippen LogP contribution >= 0.6 is 0 Å². The maximum absolute atomic E-state index is 15.3. The van der Waals surface area contributed by atoms with Crippen molar-refractivity contribution in [2.45, 2.75) is 23.3 Å². The number of sulfone groups is 1. The molecule has 1 aliphatic rings. The molecule has 0 spiro atoms. The van der Waals surface area contributed by atoms with Crippen molar-refractivity contribution in [2.24, 2.45) is 7.05 Å². The van der Waals surface area contributed by atoms with E-state index in [1.165, 1.54) is 30.0 Å². The predicted molar refractivity (Wildman–Crippen MR) is 140 cm³/mol. The molecule has 0 atom stereocenters. The summed E-state index contributed by atoms with van der Waals surface area (Å²) in [6.45, 7) is 5.53. The van der Waals surface area contributed by atoms with E-state index in [4.69, 9.17) is 0 Å². The largest absolute Gasteiger partial charge is 0.367 e. The van der Waals surface area contributed by atoms with Gasteiger partial charge in [0.1, 0.15) is 10.7 Å². The zero-order valence-corrected chi connectivity index (χ0v) is 21.1. The molecule has 5 rings (SSSR count). The van der Waals surface area contributed by atoms with E-state index in [0.717, 1.165) is 25.2 Å². The van der Waals surface area contributed by atoms with Gasteiger partial charge in [0.15, 0.2) is 0 Å². The minimum Gasteiger partial charge on any atom is -0.367 e. The molecule has 0 unspecified atom stereocenters. The van der Waals surface area contributed by atoms with E-state index in [1.807, 2.05) is 23.1 Å². The summed E-state index contributed by atoms with van der Waals surface area (Å²) >= 11 is 0. The lowest BCUT2D eigenvalue weighted by atomic mass is 10.1. The Morgan fingerprint density at radius 2 is 1.64 bits per heavy atom. The van der Waals surface area contributed by atoms with E-state index in [0.29, 0.717) is 24.3 Å². The molecule has 0 saturated carbocycles. The molecule has 186 valence electrons. The molecule has 0 radical (unpaired) electrons. The number of piperazine rings is 1. The van der Waals surface area contributed by atoms with Gasteiger partial charge in [0.2, 0.25) is 15.3 Å². The van der Waals surface area contributed by atoms with Crippen LogP contribution in [0.2, 0.25) is 0 Å². The predicted octanol–water partition coefficient (Wildman–Crippen LogP) is 4.14. The van der Waals surface area contributed by atoms with E-state index in [9.17, 15) is 13.2 Å². The summed E-state index contributed by atoms with van der Waals surface area (Å²) in [5, 5.41) is 0.0511. The molecular formula is C28H28FN3O3S. The van der Waals surface area contributed by atoms with Crippen LogP contribution in [-0.4, -0.2) is 44.1 Å². The lowest BCUT2D eigenvalue weighted by Crippen LogP contribution is -2.46. The molecule has 1 fully saturated rings. The van der Waals surface area contributed by atoms with Gasteiger partial charge in [0.25, 0.3) is 0 Å². The van der Waals surface area contributed by atoms with Gasteiger partial charge in [-0.2, -0.15) is 0 Å². The van der Waals surface area contributed by atoms with Gasteiger partial charge < -0.3 is 9.47 Å². The van der Waals surface area contributed by atoms with Crippen molar-refractivity contribution < 1.29 is 12.8 Å². The molecule has 0 aliphatic carbocycles. The second-order valence-electron chi connectivity index (χ2n) is 9.32. The number of aryl methyl sites for hydroxylation is 2. The van der Waals surface area contributed by atoms with Gasteiger partial charge in [-0.1, -0.05) is 42.5 Å². The first-order valence-electron chi connectivity index (χ1n) is 11.9. The van der Waals surface area contributed by atoms with Crippen molar-refractivity contribution in [3.05, 3.63) is 100 Å². The van der Waals surface area contributed by atoms with Gasteiger partial charge >= 0.3 is 0 Å². The quantitative estimate of drug-likeness (QED) is 0.408. The van der Waals surface area contributed by atoms with Gasteiger partial charge in [-0.05, 0) is 42.3 Å². The SMILES string of the molecule is Cc1cccc(S(=O)(=O)c2cn(C)c3cc(N4CCN(Cc5ccccc5)CC4)c(F)cc3c2=O)c1. The highest BCUT2D eigenvalue weighted by Crippen LogP contribution is 2.28. The van der Waals surface area contributed by atoms with Crippen LogP contribution in [-0.2, 0) is 23.4 Å². The van der Waals surface area contributed by atoms with Crippen LogP contribution in [0.5, 0.6) is 0 Å². The zero-order valence-electron chi connectivity index (χ0n) is 20.3. The summed E-state index contributed by atoms with van der Waals surface area (Å²) in [5.74, 6) is -0.527. The average Bonchev–Trinajstić information content (AvgIpc) is 2.87. The Morgan fingerprint density at radius 1 is 0.917 bits per heavy atom. The molecule has 1 aliphatic heterocycles. The number of anilines is 1. The first-order chi connectivity index (χ1) is 17.2. The van der Waals surface area contributed by atoms with Crippen molar-refractivity contribution in [3.63, 3.8) is 0 Å². The highest BCUT2D eigenvalue weighted by atomic mass is 32.2. The Balaban J connectivity index is 1.45. The molecule has 2 heterocycles. The average molecular weight is 506 g/mol. The molecule has 1 saturated heterocycles. The number of rotatable bonds is 5. The fourth-order valence-corrected chi connectivity index (χ4v) is 6.30. The number of benzene rings is 3. The third-order valence-electron chi connectivity index (χ3n) is 6.78. The molecular weight excluding hydrogens is 477 g/mol. The second kappa shape index (κ2) is 9.52. The van der Waals surface area contributed by atoms with Crippen LogP contribution < -0.4 is 10.3 Å². The van der Waals surface area contributed by atoms with Gasteiger partial charge in [0, 0.05) is 46.0 Å². The number of pyridine rings is 1. The zero-order chi connectivity index (χ0) is 25.4. The van der Waals surface area contributed by atoms with Crippen LogP contribution in [0.25, 0.3) is 10.9 Å². The standard InChI is InChI=1S/C28H28FN3O3S/c1-20-7-6-10-22(15-20)36(34,35)27-19-30(2)25-17-26(24(29)16-23(25)28(27)33)32-13-11-31(12-14-32)18-21-8-4-3-5-9-21/h3-10,15-17,19H,11-14,18H2,1-2H3. The van der Waals surface area contributed by atoms with E-state index >= 15 is 4.39 Å². The molecule has 1 aromatic heterocycles. The highest BCUT2D eigenvalue weighted by molar-refractivity contribution is 7.91. The van der Waals surface area contributed by atoms with Crippen molar-refractivity contribution >= 4 is 26.4 Å². The number of hydrogen-bond acceptors (Lipinski definition) is 5. The maximum Gasteiger partial charge on any atom is 0.211 e. The van der Waals surface area contributed by atoms with Crippen LogP contribution in [0.15, 0.2) is 87.5 Å². The van der Waals surface area contributed by atoms with Gasteiger partial charge in [0.05, 0.1) is 21.5 Å². The molecule has 36 heavy (non-hydrogen) atoms. The number of fused-ring (bicyclic) bond motifs is 1. The highest BCUT2D eigenvalue weighted by Gasteiger charge is 2.26. The van der Waals surface area contributed by atoms with Crippen molar-refractivity contribution in [1.82, 2.24) is 9.47 Å². The minimum atomic E-state index is -4.05. The van der Waals surface area contributed by atoms with E-state index in [-0.39, 0.29) is 15.2 Å². The Kier molecular flexibility index (Phi) is 6.40. The summed E-state index contributed by atoms with van der Waals surface area (Å²) in [6, 6.07) is 19.5. The summed E-state index contributed by atoms with van der Waals surface area (Å²) in [7, 11) is -2.38. The molecule has 0 amide bonds. The normalized spacial score (nSPS) is 14.9. The van der Waals surface area contributed by atoms with Gasteiger partial charge in [-0.3, -0.25) is 9.69 Å². The topological polar surface area (TPSA) is 62.6 Å². The Labute approximate surface area is 210 Å². The van der Waals surface area contributed by atoms with Crippen molar-refractivity contribution in [2.75, 3.05) is 31.1 Å². The van der Waals surface area contributed by atoms with E-state index in [2.05, 4.69) is 17.0 Å². The summed E-state index contributed by atoms with van der Waals surface area (Å²) in [5.41, 5.74) is 2.24. The first kappa shape index (κ1) is 24.2. The van der Waals surface area contributed by atoms with E-state index < -0.39 is 21.1 Å². The summed E-state index contributed by atoms with van der Waals surface area (Å²) in [6.07, 6.45) is 1.34. The molecule has 6 nitrogen and oxygen atoms in total.